The molecule has 3 aromatic rings. The molecule has 5 heteroatoms. The molecule has 0 aliphatic rings. The van der Waals surface area contributed by atoms with E-state index < -0.39 is 0 Å². The predicted molar refractivity (Wildman–Crippen MR) is 80.1 cm³/mol. The number of fused-ring (bicyclic) bond motifs is 1. The molecule has 2 aromatic heterocycles. The number of imidazole rings is 1. The number of aryl methyl sites for hydroxylation is 3. The average Bonchev–Trinajstić information content (AvgIpc) is 2.97. The first-order valence-electron chi connectivity index (χ1n) is 6.82. The van der Waals surface area contributed by atoms with Crippen molar-refractivity contribution < 1.29 is 9.21 Å². The Hall–Kier alpha value is -2.56. The molecule has 0 atom stereocenters. The minimum absolute atomic E-state index is 0.142. The second-order valence-electron chi connectivity index (χ2n) is 5.09. The Labute approximate surface area is 122 Å². The molecule has 0 fully saturated rings. The van der Waals surface area contributed by atoms with Crippen LogP contribution in [0.1, 0.15) is 27.7 Å². The molecule has 0 unspecified atom stereocenters. The van der Waals surface area contributed by atoms with E-state index in [0.717, 1.165) is 22.6 Å². The zero-order valence-corrected chi connectivity index (χ0v) is 12.3. The van der Waals surface area contributed by atoms with Gasteiger partial charge in [0.1, 0.15) is 17.3 Å². The number of para-hydroxylation sites is 2. The highest BCUT2D eigenvalue weighted by Crippen LogP contribution is 2.15. The van der Waals surface area contributed by atoms with Gasteiger partial charge in [0.25, 0.3) is 5.91 Å². The van der Waals surface area contributed by atoms with Crippen LogP contribution in [0.2, 0.25) is 0 Å². The van der Waals surface area contributed by atoms with Gasteiger partial charge in [0.05, 0.1) is 23.1 Å². The van der Waals surface area contributed by atoms with E-state index in [1.165, 1.54) is 0 Å². The molecule has 3 rings (SSSR count). The molecule has 21 heavy (non-hydrogen) atoms. The molecule has 0 aliphatic carbocycles. The fraction of sp³-hybridized carbons (Fsp3) is 0.250. The van der Waals surface area contributed by atoms with Gasteiger partial charge in [-0.25, -0.2) is 4.98 Å². The molecule has 2 heterocycles. The van der Waals surface area contributed by atoms with E-state index in [2.05, 4.69) is 10.3 Å². The molecule has 0 bridgehead atoms. The van der Waals surface area contributed by atoms with Gasteiger partial charge in [0.2, 0.25) is 0 Å². The highest BCUT2D eigenvalue weighted by Gasteiger charge is 2.14. The van der Waals surface area contributed by atoms with Crippen LogP contribution in [0.25, 0.3) is 11.0 Å². The second kappa shape index (κ2) is 5.09. The molecule has 1 N–H and O–H groups in total. The van der Waals surface area contributed by atoms with Crippen molar-refractivity contribution in [1.29, 1.82) is 0 Å². The Morgan fingerprint density at radius 1 is 1.33 bits per heavy atom. The van der Waals surface area contributed by atoms with Gasteiger partial charge in [-0.3, -0.25) is 4.79 Å². The summed E-state index contributed by atoms with van der Waals surface area (Å²) in [6.45, 7) is 4.00. The highest BCUT2D eigenvalue weighted by atomic mass is 16.3. The Kier molecular flexibility index (Phi) is 3.25. The van der Waals surface area contributed by atoms with Crippen molar-refractivity contribution in [3.63, 3.8) is 0 Å². The third kappa shape index (κ3) is 2.42. The number of nitrogens with zero attached hydrogens (tertiary/aromatic N) is 2. The number of carbonyl (C=O) groups excluding carboxylic acids is 1. The minimum atomic E-state index is -0.142. The number of rotatable bonds is 3. The standard InChI is InChI=1S/C16H17N3O2/c1-10-8-12(11(2)21-10)16(20)17-9-15-18-13-6-4-5-7-14(13)19(15)3/h4-8H,9H2,1-3H3,(H,17,20). The number of hydrogen-bond acceptors (Lipinski definition) is 3. The summed E-state index contributed by atoms with van der Waals surface area (Å²) >= 11 is 0. The summed E-state index contributed by atoms with van der Waals surface area (Å²) in [5.41, 5.74) is 2.56. The number of nitrogens with one attached hydrogen (secondary N) is 1. The third-order valence-electron chi connectivity index (χ3n) is 3.57. The lowest BCUT2D eigenvalue weighted by molar-refractivity contribution is 0.0948. The van der Waals surface area contributed by atoms with Gasteiger partial charge in [-0.05, 0) is 32.0 Å². The molecule has 5 nitrogen and oxygen atoms in total. The van der Waals surface area contributed by atoms with Crippen LogP contribution < -0.4 is 5.32 Å². The zero-order chi connectivity index (χ0) is 15.0. The Morgan fingerprint density at radius 3 is 2.76 bits per heavy atom. The van der Waals surface area contributed by atoms with Crippen LogP contribution in [-0.2, 0) is 13.6 Å². The maximum Gasteiger partial charge on any atom is 0.255 e. The maximum atomic E-state index is 12.2. The molecule has 0 aliphatic heterocycles. The number of carbonyl (C=O) groups is 1. The van der Waals surface area contributed by atoms with Crippen molar-refractivity contribution in [3.8, 4) is 0 Å². The lowest BCUT2D eigenvalue weighted by Gasteiger charge is -2.04. The SMILES string of the molecule is Cc1cc(C(=O)NCc2nc3ccccc3n2C)c(C)o1. The van der Waals surface area contributed by atoms with E-state index in [0.29, 0.717) is 17.9 Å². The van der Waals surface area contributed by atoms with Crippen molar-refractivity contribution in [1.82, 2.24) is 14.9 Å². The van der Waals surface area contributed by atoms with Crippen molar-refractivity contribution in [2.75, 3.05) is 0 Å². The highest BCUT2D eigenvalue weighted by molar-refractivity contribution is 5.95. The summed E-state index contributed by atoms with van der Waals surface area (Å²) in [7, 11) is 1.95. The number of hydrogen-bond donors (Lipinski definition) is 1. The number of benzene rings is 1. The molecule has 108 valence electrons. The monoisotopic (exact) mass is 283 g/mol. The summed E-state index contributed by atoms with van der Waals surface area (Å²) in [5.74, 6) is 2.05. The molecule has 0 spiro atoms. The van der Waals surface area contributed by atoms with Crippen LogP contribution in [0.4, 0.5) is 0 Å². The summed E-state index contributed by atoms with van der Waals surface area (Å²) in [6, 6.07) is 9.65. The molecule has 0 saturated carbocycles. The fourth-order valence-electron chi connectivity index (χ4n) is 2.46. The smallest absolute Gasteiger partial charge is 0.255 e. The van der Waals surface area contributed by atoms with Gasteiger partial charge in [-0.1, -0.05) is 12.1 Å². The largest absolute Gasteiger partial charge is 0.466 e. The average molecular weight is 283 g/mol. The third-order valence-corrected chi connectivity index (χ3v) is 3.57. The molecular weight excluding hydrogens is 266 g/mol. The molecule has 0 radical (unpaired) electrons. The van der Waals surface area contributed by atoms with Gasteiger partial charge in [-0.2, -0.15) is 0 Å². The van der Waals surface area contributed by atoms with Crippen molar-refractivity contribution >= 4 is 16.9 Å². The second-order valence-corrected chi connectivity index (χ2v) is 5.09. The van der Waals surface area contributed by atoms with Gasteiger partial charge in [0, 0.05) is 7.05 Å². The van der Waals surface area contributed by atoms with E-state index in [1.807, 2.05) is 42.8 Å². The molecule has 1 aromatic carbocycles. The van der Waals surface area contributed by atoms with Crippen LogP contribution in [0, 0.1) is 13.8 Å². The first-order valence-corrected chi connectivity index (χ1v) is 6.82. The van der Waals surface area contributed by atoms with Crippen LogP contribution >= 0.6 is 0 Å². The summed E-state index contributed by atoms with van der Waals surface area (Å²) in [6.07, 6.45) is 0. The normalized spacial score (nSPS) is 11.0. The molecule has 1 amide bonds. The lowest BCUT2D eigenvalue weighted by Crippen LogP contribution is -2.24. The van der Waals surface area contributed by atoms with Gasteiger partial charge in [-0.15, -0.1) is 0 Å². The predicted octanol–water partition coefficient (Wildman–Crippen LogP) is 2.71. The molecule has 0 saturated heterocycles. The van der Waals surface area contributed by atoms with Gasteiger partial charge in [0.15, 0.2) is 0 Å². The van der Waals surface area contributed by atoms with E-state index >= 15 is 0 Å². The zero-order valence-electron chi connectivity index (χ0n) is 12.3. The van der Waals surface area contributed by atoms with E-state index in [-0.39, 0.29) is 5.91 Å². The Balaban J connectivity index is 1.79. The topological polar surface area (TPSA) is 60.1 Å². The number of furan rings is 1. The lowest BCUT2D eigenvalue weighted by atomic mass is 10.2. The Morgan fingerprint density at radius 2 is 2.10 bits per heavy atom. The maximum absolute atomic E-state index is 12.2. The van der Waals surface area contributed by atoms with Crippen molar-refractivity contribution in [2.45, 2.75) is 20.4 Å². The summed E-state index contributed by atoms with van der Waals surface area (Å²) < 4.78 is 7.37. The van der Waals surface area contributed by atoms with E-state index in [4.69, 9.17) is 4.42 Å². The minimum Gasteiger partial charge on any atom is -0.466 e. The van der Waals surface area contributed by atoms with E-state index in [9.17, 15) is 4.79 Å². The van der Waals surface area contributed by atoms with Crippen molar-refractivity contribution in [3.05, 3.63) is 53.2 Å². The van der Waals surface area contributed by atoms with Gasteiger partial charge >= 0.3 is 0 Å². The van der Waals surface area contributed by atoms with Gasteiger partial charge < -0.3 is 14.3 Å². The number of amides is 1. The van der Waals surface area contributed by atoms with Crippen LogP contribution in [0.3, 0.4) is 0 Å². The van der Waals surface area contributed by atoms with E-state index in [1.54, 1.807) is 13.0 Å². The molecular formula is C16H17N3O2. The summed E-state index contributed by atoms with van der Waals surface area (Å²) in [5, 5.41) is 2.89. The van der Waals surface area contributed by atoms with Crippen molar-refractivity contribution in [2.24, 2.45) is 7.05 Å². The first kappa shape index (κ1) is 13.4. The first-order chi connectivity index (χ1) is 10.1. The summed E-state index contributed by atoms with van der Waals surface area (Å²) in [4.78, 5) is 16.7. The Bertz CT molecular complexity index is 814. The number of aromatic nitrogens is 2. The van der Waals surface area contributed by atoms with Crippen LogP contribution in [-0.4, -0.2) is 15.5 Å². The quantitative estimate of drug-likeness (QED) is 0.804. The fourth-order valence-corrected chi connectivity index (χ4v) is 2.46. The van der Waals surface area contributed by atoms with Crippen LogP contribution in [0.5, 0.6) is 0 Å². The van der Waals surface area contributed by atoms with Crippen LogP contribution in [0.15, 0.2) is 34.7 Å².